The summed E-state index contributed by atoms with van der Waals surface area (Å²) in [5.74, 6) is -1.93. The number of carbonyl (C=O) groups excluding carboxylic acids is 1. The molecule has 1 heterocycles. The first-order chi connectivity index (χ1) is 6.59. The lowest BCUT2D eigenvalue weighted by molar-refractivity contribution is -0.143. The van der Waals surface area contributed by atoms with E-state index in [1.165, 1.54) is 6.26 Å². The van der Waals surface area contributed by atoms with Crippen LogP contribution in [0.2, 0.25) is 0 Å². The zero-order valence-electron chi connectivity index (χ0n) is 7.47. The molecule has 3 N–H and O–H groups in total. The van der Waals surface area contributed by atoms with Gasteiger partial charge in [0.25, 0.3) is 0 Å². The van der Waals surface area contributed by atoms with Crippen LogP contribution in [0.3, 0.4) is 0 Å². The van der Waals surface area contributed by atoms with Gasteiger partial charge < -0.3 is 15.3 Å². The molecule has 1 atom stereocenters. The molecule has 76 valence electrons. The molecule has 0 aliphatic heterocycles. The van der Waals surface area contributed by atoms with E-state index in [9.17, 15) is 9.59 Å². The Morgan fingerprint density at radius 1 is 1.57 bits per heavy atom. The number of hydrogen-bond acceptors (Lipinski definition) is 3. The molecule has 0 aliphatic rings. The first-order valence-electron chi connectivity index (χ1n) is 4.13. The van der Waals surface area contributed by atoms with Crippen molar-refractivity contribution in [2.75, 3.05) is 0 Å². The van der Waals surface area contributed by atoms with E-state index in [-0.39, 0.29) is 12.8 Å². The molecule has 0 bridgehead atoms. The Bertz CT molecular complexity index is 318. The van der Waals surface area contributed by atoms with E-state index in [1.807, 2.05) is 0 Å². The molecule has 5 heteroatoms. The summed E-state index contributed by atoms with van der Waals surface area (Å²) in [5.41, 5.74) is 4.93. The van der Waals surface area contributed by atoms with Crippen molar-refractivity contribution >= 4 is 11.9 Å². The van der Waals surface area contributed by atoms with Crippen molar-refractivity contribution in [3.05, 3.63) is 24.2 Å². The van der Waals surface area contributed by atoms with Crippen LogP contribution in [0.4, 0.5) is 0 Å². The molecule has 0 radical (unpaired) electrons. The van der Waals surface area contributed by atoms with E-state index in [4.69, 9.17) is 15.3 Å². The highest BCUT2D eigenvalue weighted by Crippen LogP contribution is 2.12. The monoisotopic (exact) mass is 197 g/mol. The van der Waals surface area contributed by atoms with Gasteiger partial charge in [0, 0.05) is 12.8 Å². The van der Waals surface area contributed by atoms with Gasteiger partial charge in [0.15, 0.2) is 0 Å². The summed E-state index contributed by atoms with van der Waals surface area (Å²) in [6.07, 6.45) is 1.47. The van der Waals surface area contributed by atoms with Crippen LogP contribution in [0, 0.1) is 5.92 Å². The lowest BCUT2D eigenvalue weighted by Gasteiger charge is -2.07. The zero-order valence-corrected chi connectivity index (χ0v) is 7.47. The second kappa shape index (κ2) is 4.45. The van der Waals surface area contributed by atoms with E-state index < -0.39 is 17.8 Å². The maximum Gasteiger partial charge on any atom is 0.307 e. The molecule has 0 spiro atoms. The number of aliphatic carboxylic acids is 1. The molecule has 1 amide bonds. The molecule has 0 aromatic carbocycles. The van der Waals surface area contributed by atoms with Crippen LogP contribution in [0.5, 0.6) is 0 Å². The number of nitrogens with two attached hydrogens (primary N) is 1. The number of hydrogen-bond donors (Lipinski definition) is 2. The summed E-state index contributed by atoms with van der Waals surface area (Å²) in [7, 11) is 0. The Morgan fingerprint density at radius 3 is 2.71 bits per heavy atom. The van der Waals surface area contributed by atoms with Crippen LogP contribution in [-0.2, 0) is 16.0 Å². The number of carboxylic acid groups (broad SMARTS) is 1. The van der Waals surface area contributed by atoms with Crippen molar-refractivity contribution in [1.82, 2.24) is 0 Å². The molecular formula is C9H11NO4. The number of carbonyl (C=O) groups is 2. The van der Waals surface area contributed by atoms with E-state index in [1.54, 1.807) is 12.1 Å². The molecule has 14 heavy (non-hydrogen) atoms. The van der Waals surface area contributed by atoms with Crippen molar-refractivity contribution in [3.63, 3.8) is 0 Å². The van der Waals surface area contributed by atoms with Gasteiger partial charge >= 0.3 is 5.97 Å². The van der Waals surface area contributed by atoms with Gasteiger partial charge in [-0.3, -0.25) is 9.59 Å². The highest BCUT2D eigenvalue weighted by Gasteiger charge is 2.21. The maximum absolute atomic E-state index is 10.7. The van der Waals surface area contributed by atoms with Crippen LogP contribution in [0.25, 0.3) is 0 Å². The highest BCUT2D eigenvalue weighted by atomic mass is 16.4. The summed E-state index contributed by atoms with van der Waals surface area (Å²) in [5, 5.41) is 8.77. The van der Waals surface area contributed by atoms with Crippen LogP contribution in [0.15, 0.2) is 22.8 Å². The van der Waals surface area contributed by atoms with Crippen LogP contribution in [0.1, 0.15) is 12.2 Å². The largest absolute Gasteiger partial charge is 0.481 e. The fourth-order valence-corrected chi connectivity index (χ4v) is 1.16. The molecule has 1 rings (SSSR count). The Labute approximate surface area is 80.5 Å². The Kier molecular flexibility index (Phi) is 3.28. The van der Waals surface area contributed by atoms with Crippen LogP contribution >= 0.6 is 0 Å². The Balaban J connectivity index is 2.60. The molecule has 5 nitrogen and oxygen atoms in total. The summed E-state index contributed by atoms with van der Waals surface area (Å²) in [6.45, 7) is 0. The average molecular weight is 197 g/mol. The molecule has 1 unspecified atom stereocenters. The van der Waals surface area contributed by atoms with E-state index in [2.05, 4.69) is 0 Å². The van der Waals surface area contributed by atoms with Crippen LogP contribution < -0.4 is 5.73 Å². The topological polar surface area (TPSA) is 93.5 Å². The van der Waals surface area contributed by atoms with Gasteiger partial charge in [-0.1, -0.05) is 0 Å². The molecule has 0 aliphatic carbocycles. The second-order valence-electron chi connectivity index (χ2n) is 2.99. The molecule has 1 aromatic rings. The third-order valence-electron chi connectivity index (χ3n) is 1.82. The number of carboxylic acids is 1. The number of primary amides is 1. The standard InChI is InChI=1S/C9H11NO4/c10-8(11)5-6(9(12)13)4-7-2-1-3-14-7/h1-3,6H,4-5H2,(H2,10,11)(H,12,13). The Hall–Kier alpha value is -1.78. The van der Waals surface area contributed by atoms with Gasteiger partial charge in [-0.15, -0.1) is 0 Å². The number of amides is 1. The summed E-state index contributed by atoms with van der Waals surface area (Å²) >= 11 is 0. The minimum atomic E-state index is -1.04. The molecule has 0 fully saturated rings. The van der Waals surface area contributed by atoms with Gasteiger partial charge in [0.1, 0.15) is 5.76 Å². The van der Waals surface area contributed by atoms with E-state index >= 15 is 0 Å². The van der Waals surface area contributed by atoms with E-state index in [0.717, 1.165) is 0 Å². The van der Waals surface area contributed by atoms with Crippen molar-refractivity contribution in [2.45, 2.75) is 12.8 Å². The third kappa shape index (κ3) is 2.93. The summed E-state index contributed by atoms with van der Waals surface area (Å²) in [6, 6.07) is 3.33. The smallest absolute Gasteiger partial charge is 0.307 e. The number of furan rings is 1. The molecule has 0 saturated heterocycles. The predicted molar refractivity (Wildman–Crippen MR) is 47.3 cm³/mol. The first-order valence-corrected chi connectivity index (χ1v) is 4.13. The first kappa shape index (κ1) is 10.3. The van der Waals surface area contributed by atoms with Gasteiger partial charge in [-0.05, 0) is 12.1 Å². The van der Waals surface area contributed by atoms with Gasteiger partial charge in [0.2, 0.25) is 5.91 Å². The normalized spacial score (nSPS) is 12.3. The lowest BCUT2D eigenvalue weighted by atomic mass is 10.00. The lowest BCUT2D eigenvalue weighted by Crippen LogP contribution is -2.24. The fourth-order valence-electron chi connectivity index (χ4n) is 1.16. The van der Waals surface area contributed by atoms with Crippen molar-refractivity contribution < 1.29 is 19.1 Å². The third-order valence-corrected chi connectivity index (χ3v) is 1.82. The van der Waals surface area contributed by atoms with Crippen molar-refractivity contribution in [3.8, 4) is 0 Å². The van der Waals surface area contributed by atoms with Gasteiger partial charge in [0.05, 0.1) is 12.2 Å². The van der Waals surface area contributed by atoms with Gasteiger partial charge in [-0.25, -0.2) is 0 Å². The Morgan fingerprint density at radius 2 is 2.29 bits per heavy atom. The molecule has 0 saturated carbocycles. The summed E-state index contributed by atoms with van der Waals surface area (Å²) < 4.78 is 4.98. The quantitative estimate of drug-likeness (QED) is 0.714. The second-order valence-corrected chi connectivity index (χ2v) is 2.99. The minimum Gasteiger partial charge on any atom is -0.481 e. The zero-order chi connectivity index (χ0) is 10.6. The number of rotatable bonds is 5. The molecule has 1 aromatic heterocycles. The predicted octanol–water partition coefficient (Wildman–Crippen LogP) is 0.398. The average Bonchev–Trinajstić information content (AvgIpc) is 2.54. The van der Waals surface area contributed by atoms with Crippen LogP contribution in [-0.4, -0.2) is 17.0 Å². The van der Waals surface area contributed by atoms with Crippen molar-refractivity contribution in [2.24, 2.45) is 11.7 Å². The van der Waals surface area contributed by atoms with E-state index in [0.29, 0.717) is 5.76 Å². The SMILES string of the molecule is NC(=O)CC(Cc1ccco1)C(=O)O. The van der Waals surface area contributed by atoms with Gasteiger partial charge in [-0.2, -0.15) is 0 Å². The highest BCUT2D eigenvalue weighted by molar-refractivity contribution is 5.81. The van der Waals surface area contributed by atoms with Crippen molar-refractivity contribution in [1.29, 1.82) is 0 Å². The maximum atomic E-state index is 10.7. The fraction of sp³-hybridized carbons (Fsp3) is 0.333. The summed E-state index contributed by atoms with van der Waals surface area (Å²) in [4.78, 5) is 21.3. The molecular weight excluding hydrogens is 186 g/mol. The minimum absolute atomic E-state index is 0.171.